The summed E-state index contributed by atoms with van der Waals surface area (Å²) in [6.07, 6.45) is 7.33. The molecular formula is C19H29N3O4S. The van der Waals surface area contributed by atoms with Crippen molar-refractivity contribution in [3.05, 3.63) is 18.2 Å². The van der Waals surface area contributed by atoms with Crippen molar-refractivity contribution in [3.8, 4) is 5.75 Å². The van der Waals surface area contributed by atoms with E-state index >= 15 is 0 Å². The fourth-order valence-electron chi connectivity index (χ4n) is 3.73. The van der Waals surface area contributed by atoms with E-state index in [4.69, 9.17) is 10.5 Å². The second kappa shape index (κ2) is 8.16. The first-order valence-electron chi connectivity index (χ1n) is 9.58. The third-order valence-electron chi connectivity index (χ3n) is 5.54. The first kappa shape index (κ1) is 20.1. The molecule has 1 amide bonds. The summed E-state index contributed by atoms with van der Waals surface area (Å²) in [6, 6.07) is 4.53. The molecule has 0 radical (unpaired) electrons. The maximum atomic E-state index is 12.7. The highest BCUT2D eigenvalue weighted by atomic mass is 32.2. The zero-order valence-corrected chi connectivity index (χ0v) is 16.6. The van der Waals surface area contributed by atoms with Crippen LogP contribution in [0.3, 0.4) is 0 Å². The molecule has 150 valence electrons. The molecule has 0 bridgehead atoms. The van der Waals surface area contributed by atoms with E-state index in [0.717, 1.165) is 38.5 Å². The summed E-state index contributed by atoms with van der Waals surface area (Å²) in [5.74, 6) is 0.268. The molecule has 2 aliphatic carbocycles. The molecule has 2 saturated carbocycles. The molecule has 0 unspecified atom stereocenters. The van der Waals surface area contributed by atoms with Gasteiger partial charge in [0.15, 0.2) is 0 Å². The van der Waals surface area contributed by atoms with Gasteiger partial charge in [0.05, 0.1) is 17.7 Å². The Balaban J connectivity index is 1.76. The number of anilines is 1. The number of hydrogen-bond acceptors (Lipinski definition) is 5. The minimum atomic E-state index is -3.60. The standard InChI is InChI=1S/C19H29N3O4S/c1-26-17-8-7-15(27(24,25)22-14-5-6-14)11-16(17)21-18(23)12-19(13-20)9-3-2-4-10-19/h7-8,11,14,22H,2-6,9-10,12-13,20H2,1H3,(H,21,23). The number of nitrogens with one attached hydrogen (secondary N) is 2. The van der Waals surface area contributed by atoms with E-state index in [1.807, 2.05) is 0 Å². The fourth-order valence-corrected chi connectivity index (χ4v) is 5.06. The highest BCUT2D eigenvalue weighted by Gasteiger charge is 2.33. The van der Waals surface area contributed by atoms with Gasteiger partial charge in [0.25, 0.3) is 0 Å². The van der Waals surface area contributed by atoms with Crippen LogP contribution in [0.2, 0.25) is 0 Å². The van der Waals surface area contributed by atoms with Gasteiger partial charge in [0.1, 0.15) is 5.75 Å². The second-order valence-corrected chi connectivity index (χ2v) is 9.46. The van der Waals surface area contributed by atoms with Crippen molar-refractivity contribution >= 4 is 21.6 Å². The average molecular weight is 396 g/mol. The average Bonchev–Trinajstić information content (AvgIpc) is 3.45. The summed E-state index contributed by atoms with van der Waals surface area (Å²) in [6.45, 7) is 0.483. The van der Waals surface area contributed by atoms with Crippen LogP contribution in [0.25, 0.3) is 0 Å². The Morgan fingerprint density at radius 3 is 2.56 bits per heavy atom. The molecule has 0 aliphatic heterocycles. The SMILES string of the molecule is COc1ccc(S(=O)(=O)NC2CC2)cc1NC(=O)CC1(CN)CCCCC1. The van der Waals surface area contributed by atoms with Gasteiger partial charge in [-0.15, -0.1) is 0 Å². The molecular weight excluding hydrogens is 366 g/mol. The van der Waals surface area contributed by atoms with Crippen LogP contribution in [-0.4, -0.2) is 34.0 Å². The normalized spacial score (nSPS) is 19.5. The summed E-state index contributed by atoms with van der Waals surface area (Å²) in [5, 5.41) is 2.84. The zero-order chi connectivity index (χ0) is 19.5. The van der Waals surface area contributed by atoms with Crippen LogP contribution < -0.4 is 20.5 Å². The molecule has 0 heterocycles. The molecule has 0 spiro atoms. The largest absolute Gasteiger partial charge is 0.495 e. The maximum absolute atomic E-state index is 12.7. The lowest BCUT2D eigenvalue weighted by atomic mass is 9.71. The summed E-state index contributed by atoms with van der Waals surface area (Å²) in [7, 11) is -2.11. The number of sulfonamides is 1. The molecule has 0 aromatic heterocycles. The summed E-state index contributed by atoms with van der Waals surface area (Å²) < 4.78 is 32.8. The first-order chi connectivity index (χ1) is 12.9. The number of amides is 1. The quantitative estimate of drug-likeness (QED) is 0.626. The van der Waals surface area contributed by atoms with Gasteiger partial charge in [-0.2, -0.15) is 0 Å². The Kier molecular flexibility index (Phi) is 6.08. The van der Waals surface area contributed by atoms with Crippen LogP contribution >= 0.6 is 0 Å². The van der Waals surface area contributed by atoms with Crippen LogP contribution in [0, 0.1) is 5.41 Å². The Hall–Kier alpha value is -1.64. The molecule has 27 heavy (non-hydrogen) atoms. The van der Waals surface area contributed by atoms with Gasteiger partial charge in [0, 0.05) is 12.5 Å². The van der Waals surface area contributed by atoms with E-state index < -0.39 is 10.0 Å². The Bertz CT molecular complexity index is 784. The minimum Gasteiger partial charge on any atom is -0.495 e. The van der Waals surface area contributed by atoms with Gasteiger partial charge in [-0.3, -0.25) is 4.79 Å². The molecule has 8 heteroatoms. The highest BCUT2D eigenvalue weighted by Crippen LogP contribution is 2.39. The molecule has 4 N–H and O–H groups in total. The van der Waals surface area contributed by atoms with E-state index in [-0.39, 0.29) is 22.3 Å². The highest BCUT2D eigenvalue weighted by molar-refractivity contribution is 7.89. The Morgan fingerprint density at radius 2 is 1.96 bits per heavy atom. The lowest BCUT2D eigenvalue weighted by molar-refractivity contribution is -0.118. The van der Waals surface area contributed by atoms with Gasteiger partial charge in [-0.05, 0) is 55.8 Å². The van der Waals surface area contributed by atoms with Crippen molar-refractivity contribution < 1.29 is 17.9 Å². The monoisotopic (exact) mass is 395 g/mol. The molecule has 3 rings (SSSR count). The zero-order valence-electron chi connectivity index (χ0n) is 15.8. The van der Waals surface area contributed by atoms with E-state index in [1.54, 1.807) is 6.07 Å². The number of carbonyl (C=O) groups is 1. The van der Waals surface area contributed by atoms with Crippen LogP contribution in [0.15, 0.2) is 23.1 Å². The predicted octanol–water partition coefficient (Wildman–Crippen LogP) is 2.37. The van der Waals surface area contributed by atoms with E-state index in [0.29, 0.717) is 24.4 Å². The molecule has 0 atom stereocenters. The van der Waals surface area contributed by atoms with Crippen LogP contribution in [0.5, 0.6) is 5.75 Å². The van der Waals surface area contributed by atoms with Gasteiger partial charge < -0.3 is 15.8 Å². The van der Waals surface area contributed by atoms with Crippen molar-refractivity contribution in [2.45, 2.75) is 62.3 Å². The summed E-state index contributed by atoms with van der Waals surface area (Å²) in [4.78, 5) is 12.8. The smallest absolute Gasteiger partial charge is 0.240 e. The van der Waals surface area contributed by atoms with Gasteiger partial charge in [-0.25, -0.2) is 13.1 Å². The van der Waals surface area contributed by atoms with Crippen LogP contribution in [0.4, 0.5) is 5.69 Å². The number of hydrogen-bond donors (Lipinski definition) is 3. The molecule has 0 saturated heterocycles. The number of rotatable bonds is 8. The van der Waals surface area contributed by atoms with Crippen molar-refractivity contribution in [2.75, 3.05) is 19.0 Å². The molecule has 1 aromatic carbocycles. The fraction of sp³-hybridized carbons (Fsp3) is 0.632. The minimum absolute atomic E-state index is 0.0193. The molecule has 7 nitrogen and oxygen atoms in total. The molecule has 2 aliphatic rings. The lowest BCUT2D eigenvalue weighted by Gasteiger charge is -2.35. The second-order valence-electron chi connectivity index (χ2n) is 7.75. The Labute approximate surface area is 161 Å². The number of ether oxygens (including phenoxy) is 1. The van der Waals surface area contributed by atoms with Crippen molar-refractivity contribution in [1.82, 2.24) is 4.72 Å². The summed E-state index contributed by atoms with van der Waals surface area (Å²) in [5.41, 5.74) is 6.18. The van der Waals surface area contributed by atoms with Gasteiger partial charge in [0.2, 0.25) is 15.9 Å². The Morgan fingerprint density at radius 1 is 1.26 bits per heavy atom. The van der Waals surface area contributed by atoms with Crippen LogP contribution in [-0.2, 0) is 14.8 Å². The summed E-state index contributed by atoms with van der Waals surface area (Å²) >= 11 is 0. The maximum Gasteiger partial charge on any atom is 0.240 e. The molecule has 2 fully saturated rings. The van der Waals surface area contributed by atoms with E-state index in [1.165, 1.54) is 25.7 Å². The topological polar surface area (TPSA) is 111 Å². The van der Waals surface area contributed by atoms with E-state index in [9.17, 15) is 13.2 Å². The van der Waals surface area contributed by atoms with E-state index in [2.05, 4.69) is 10.0 Å². The van der Waals surface area contributed by atoms with Crippen molar-refractivity contribution in [1.29, 1.82) is 0 Å². The number of methoxy groups -OCH3 is 1. The number of nitrogens with two attached hydrogens (primary N) is 1. The van der Waals surface area contributed by atoms with Crippen LogP contribution in [0.1, 0.15) is 51.4 Å². The van der Waals surface area contributed by atoms with Gasteiger partial charge >= 0.3 is 0 Å². The third kappa shape index (κ3) is 5.00. The van der Waals surface area contributed by atoms with Crippen molar-refractivity contribution in [2.24, 2.45) is 11.1 Å². The molecule has 1 aromatic rings. The first-order valence-corrected chi connectivity index (χ1v) is 11.1. The third-order valence-corrected chi connectivity index (χ3v) is 7.06. The number of carbonyl (C=O) groups excluding carboxylic acids is 1. The predicted molar refractivity (Wildman–Crippen MR) is 104 cm³/mol. The number of benzene rings is 1. The lowest BCUT2D eigenvalue weighted by Crippen LogP contribution is -2.36. The van der Waals surface area contributed by atoms with Gasteiger partial charge in [-0.1, -0.05) is 19.3 Å². The van der Waals surface area contributed by atoms with Crippen molar-refractivity contribution in [3.63, 3.8) is 0 Å².